The average Bonchev–Trinajstić information content (AvgIpc) is 3.44. The standard InChI is InChI=1S/C22H25N5O2S/c1-30-22-24-25-26-27(22)18-8-5-7-17(15-18)23-21(28)13-12-16-6-4-11-20(14-16)29-19-9-2-3-10-19/h4-8,11,14-15,19H,2-3,9-10,12-13H2,1H3,(H,23,28). The van der Waals surface area contributed by atoms with Crippen molar-refractivity contribution < 1.29 is 9.53 Å². The summed E-state index contributed by atoms with van der Waals surface area (Å²) in [5, 5.41) is 15.3. The van der Waals surface area contributed by atoms with Gasteiger partial charge in [-0.2, -0.15) is 4.68 Å². The van der Waals surface area contributed by atoms with Gasteiger partial charge in [0, 0.05) is 12.1 Å². The highest BCUT2D eigenvalue weighted by molar-refractivity contribution is 7.98. The van der Waals surface area contributed by atoms with E-state index < -0.39 is 0 Å². The predicted octanol–water partition coefficient (Wildman–Crippen LogP) is 4.28. The zero-order chi connectivity index (χ0) is 20.8. The molecule has 1 saturated carbocycles. The molecule has 2 aromatic carbocycles. The minimum Gasteiger partial charge on any atom is -0.490 e. The van der Waals surface area contributed by atoms with Gasteiger partial charge < -0.3 is 10.1 Å². The van der Waals surface area contributed by atoms with E-state index in [-0.39, 0.29) is 5.91 Å². The molecule has 0 radical (unpaired) electrons. The summed E-state index contributed by atoms with van der Waals surface area (Å²) in [6, 6.07) is 15.6. The lowest BCUT2D eigenvalue weighted by Crippen LogP contribution is -2.13. The number of aromatic nitrogens is 4. The zero-order valence-corrected chi connectivity index (χ0v) is 17.8. The molecule has 0 bridgehead atoms. The number of ether oxygens (including phenoxy) is 1. The molecule has 0 aliphatic heterocycles. The Kier molecular flexibility index (Phi) is 6.63. The van der Waals surface area contributed by atoms with Crippen LogP contribution in [0.2, 0.25) is 0 Å². The van der Waals surface area contributed by atoms with Crippen LogP contribution in [0.3, 0.4) is 0 Å². The number of carbonyl (C=O) groups excluding carboxylic acids is 1. The van der Waals surface area contributed by atoms with Crippen LogP contribution in [0.15, 0.2) is 53.7 Å². The molecule has 1 heterocycles. The summed E-state index contributed by atoms with van der Waals surface area (Å²) >= 11 is 1.46. The van der Waals surface area contributed by atoms with Crippen LogP contribution in [0, 0.1) is 0 Å². The first-order chi connectivity index (χ1) is 14.7. The molecule has 0 saturated heterocycles. The van der Waals surface area contributed by atoms with Crippen LogP contribution in [0.5, 0.6) is 5.75 Å². The molecule has 0 unspecified atom stereocenters. The molecule has 4 rings (SSSR count). The molecule has 1 aliphatic carbocycles. The highest BCUT2D eigenvalue weighted by Crippen LogP contribution is 2.25. The first-order valence-corrected chi connectivity index (χ1v) is 11.4. The van der Waals surface area contributed by atoms with Crippen molar-refractivity contribution in [3.63, 3.8) is 0 Å². The number of tetrazole rings is 1. The van der Waals surface area contributed by atoms with Crippen molar-refractivity contribution in [2.24, 2.45) is 0 Å². The molecule has 1 fully saturated rings. The average molecular weight is 424 g/mol. The number of rotatable bonds is 8. The molecule has 1 N–H and O–H groups in total. The third kappa shape index (κ3) is 5.18. The molecule has 156 valence electrons. The second-order valence-corrected chi connectivity index (χ2v) is 8.12. The number of thioether (sulfide) groups is 1. The topological polar surface area (TPSA) is 81.9 Å². The highest BCUT2D eigenvalue weighted by Gasteiger charge is 2.16. The molecule has 1 aliphatic rings. The summed E-state index contributed by atoms with van der Waals surface area (Å²) in [6.45, 7) is 0. The molecule has 1 aromatic heterocycles. The Morgan fingerprint density at radius 2 is 2.03 bits per heavy atom. The molecule has 0 atom stereocenters. The van der Waals surface area contributed by atoms with Gasteiger partial charge in [0.2, 0.25) is 11.1 Å². The maximum absolute atomic E-state index is 12.5. The van der Waals surface area contributed by atoms with E-state index in [4.69, 9.17) is 4.74 Å². The van der Waals surface area contributed by atoms with Gasteiger partial charge in [-0.1, -0.05) is 30.0 Å². The Morgan fingerprint density at radius 1 is 1.20 bits per heavy atom. The Bertz CT molecular complexity index is 1000. The number of hydrogen-bond donors (Lipinski definition) is 1. The normalized spacial score (nSPS) is 14.0. The highest BCUT2D eigenvalue weighted by atomic mass is 32.2. The quantitative estimate of drug-likeness (QED) is 0.545. The molecule has 3 aromatic rings. The SMILES string of the molecule is CSc1nnnn1-c1cccc(NC(=O)CCc2cccc(OC3CCCC3)c2)c1. The van der Waals surface area contributed by atoms with E-state index in [1.54, 1.807) is 4.68 Å². The Hall–Kier alpha value is -2.87. The summed E-state index contributed by atoms with van der Waals surface area (Å²) in [7, 11) is 0. The van der Waals surface area contributed by atoms with Gasteiger partial charge in [0.1, 0.15) is 5.75 Å². The molecule has 30 heavy (non-hydrogen) atoms. The largest absolute Gasteiger partial charge is 0.490 e. The molecular weight excluding hydrogens is 398 g/mol. The van der Waals surface area contributed by atoms with Crippen LogP contribution in [0.1, 0.15) is 37.7 Å². The Morgan fingerprint density at radius 3 is 2.87 bits per heavy atom. The van der Waals surface area contributed by atoms with Gasteiger partial charge in [-0.3, -0.25) is 4.79 Å². The van der Waals surface area contributed by atoms with E-state index in [1.807, 2.05) is 54.8 Å². The van der Waals surface area contributed by atoms with Gasteiger partial charge in [-0.05, 0) is 84.7 Å². The summed E-state index contributed by atoms with van der Waals surface area (Å²) in [4.78, 5) is 12.5. The van der Waals surface area contributed by atoms with E-state index >= 15 is 0 Å². The van der Waals surface area contributed by atoms with Gasteiger partial charge in [0.15, 0.2) is 0 Å². The first kappa shape index (κ1) is 20.4. The van der Waals surface area contributed by atoms with Crippen LogP contribution in [-0.4, -0.2) is 38.5 Å². The van der Waals surface area contributed by atoms with Crippen molar-refractivity contribution in [3.05, 3.63) is 54.1 Å². The van der Waals surface area contributed by atoms with Crippen molar-refractivity contribution in [3.8, 4) is 11.4 Å². The lowest BCUT2D eigenvalue weighted by Gasteiger charge is -2.14. The third-order valence-electron chi connectivity index (χ3n) is 5.14. The van der Waals surface area contributed by atoms with Crippen LogP contribution in [0.4, 0.5) is 5.69 Å². The number of benzene rings is 2. The number of carbonyl (C=O) groups is 1. The van der Waals surface area contributed by atoms with Gasteiger partial charge in [0.05, 0.1) is 11.8 Å². The summed E-state index contributed by atoms with van der Waals surface area (Å²) in [6.07, 6.45) is 8.08. The Balaban J connectivity index is 1.33. The monoisotopic (exact) mass is 423 g/mol. The van der Waals surface area contributed by atoms with Crippen molar-refractivity contribution in [1.29, 1.82) is 0 Å². The van der Waals surface area contributed by atoms with Crippen LogP contribution in [0.25, 0.3) is 5.69 Å². The first-order valence-electron chi connectivity index (χ1n) is 10.2. The minimum atomic E-state index is -0.0314. The number of amides is 1. The van der Waals surface area contributed by atoms with E-state index in [1.165, 1.54) is 24.6 Å². The van der Waals surface area contributed by atoms with E-state index in [0.29, 0.717) is 24.1 Å². The lowest BCUT2D eigenvalue weighted by molar-refractivity contribution is -0.116. The van der Waals surface area contributed by atoms with Gasteiger partial charge in [0.25, 0.3) is 0 Å². The minimum absolute atomic E-state index is 0.0314. The lowest BCUT2D eigenvalue weighted by atomic mass is 10.1. The fourth-order valence-electron chi connectivity index (χ4n) is 3.64. The number of anilines is 1. The van der Waals surface area contributed by atoms with Crippen LogP contribution in [-0.2, 0) is 11.2 Å². The molecule has 1 amide bonds. The molecular formula is C22H25N5O2S. The number of hydrogen-bond acceptors (Lipinski definition) is 6. The van der Waals surface area contributed by atoms with Crippen molar-refractivity contribution >= 4 is 23.4 Å². The van der Waals surface area contributed by atoms with Gasteiger partial charge >= 0.3 is 0 Å². The fourth-order valence-corrected chi connectivity index (χ4v) is 4.07. The number of nitrogens with one attached hydrogen (secondary N) is 1. The molecule has 0 spiro atoms. The van der Waals surface area contributed by atoms with Gasteiger partial charge in [-0.15, -0.1) is 5.10 Å². The smallest absolute Gasteiger partial charge is 0.224 e. The number of aryl methyl sites for hydroxylation is 1. The Labute approximate surface area is 180 Å². The summed E-state index contributed by atoms with van der Waals surface area (Å²) in [5.74, 6) is 0.870. The van der Waals surface area contributed by atoms with E-state index in [2.05, 4.69) is 20.8 Å². The second-order valence-electron chi connectivity index (χ2n) is 7.35. The number of nitrogens with zero attached hydrogens (tertiary/aromatic N) is 4. The second kappa shape index (κ2) is 9.75. The summed E-state index contributed by atoms with van der Waals surface area (Å²) in [5.41, 5.74) is 2.63. The fraction of sp³-hybridized carbons (Fsp3) is 0.364. The third-order valence-corrected chi connectivity index (χ3v) is 5.76. The summed E-state index contributed by atoms with van der Waals surface area (Å²) < 4.78 is 7.71. The van der Waals surface area contributed by atoms with Crippen LogP contribution < -0.4 is 10.1 Å². The van der Waals surface area contributed by atoms with Crippen LogP contribution >= 0.6 is 11.8 Å². The molecule has 8 heteroatoms. The van der Waals surface area contributed by atoms with Crippen molar-refractivity contribution in [1.82, 2.24) is 20.2 Å². The zero-order valence-electron chi connectivity index (χ0n) is 17.0. The molecule has 7 nitrogen and oxygen atoms in total. The maximum atomic E-state index is 12.5. The predicted molar refractivity (Wildman–Crippen MR) is 117 cm³/mol. The van der Waals surface area contributed by atoms with E-state index in [9.17, 15) is 4.79 Å². The maximum Gasteiger partial charge on any atom is 0.224 e. The van der Waals surface area contributed by atoms with E-state index in [0.717, 1.165) is 35.5 Å². The van der Waals surface area contributed by atoms with Crippen molar-refractivity contribution in [2.45, 2.75) is 49.8 Å². The van der Waals surface area contributed by atoms with Crippen molar-refractivity contribution in [2.75, 3.05) is 11.6 Å². The van der Waals surface area contributed by atoms with Gasteiger partial charge in [-0.25, -0.2) is 0 Å².